The van der Waals surface area contributed by atoms with Gasteiger partial charge >= 0.3 is 0 Å². The summed E-state index contributed by atoms with van der Waals surface area (Å²) in [5.74, 6) is 1.31. The largest absolute Gasteiger partial charge is 0.493 e. The molecule has 0 fully saturated rings. The van der Waals surface area contributed by atoms with Crippen molar-refractivity contribution >= 4 is 0 Å². The molecule has 16 heavy (non-hydrogen) atoms. The maximum atomic E-state index is 12.2. The lowest BCUT2D eigenvalue weighted by Crippen LogP contribution is -2.11. The third kappa shape index (κ3) is 3.10. The minimum atomic E-state index is -0.419. The summed E-state index contributed by atoms with van der Waals surface area (Å²) in [6.07, 6.45) is 0.317. The van der Waals surface area contributed by atoms with E-state index >= 15 is 0 Å². The highest BCUT2D eigenvalue weighted by Crippen LogP contribution is 2.30. The molecule has 0 aliphatic carbocycles. The number of rotatable bonds is 6. The fourth-order valence-corrected chi connectivity index (χ4v) is 1.48. The Labute approximate surface area is 95.4 Å². The topological polar surface area (TPSA) is 44.5 Å². The predicted octanol–water partition coefficient (Wildman–Crippen LogP) is 2.45. The van der Waals surface area contributed by atoms with Gasteiger partial charge in [-0.3, -0.25) is 4.39 Å². The highest BCUT2D eigenvalue weighted by Gasteiger charge is 2.10. The van der Waals surface area contributed by atoms with E-state index in [2.05, 4.69) is 0 Å². The quantitative estimate of drug-likeness (QED) is 0.811. The van der Waals surface area contributed by atoms with Crippen LogP contribution in [0.2, 0.25) is 0 Å². The lowest BCUT2D eigenvalue weighted by Gasteiger charge is -2.14. The van der Waals surface area contributed by atoms with Gasteiger partial charge in [0.2, 0.25) is 0 Å². The number of alkyl halides is 1. The number of methoxy groups -OCH3 is 1. The molecule has 1 atom stereocenters. The van der Waals surface area contributed by atoms with Gasteiger partial charge < -0.3 is 15.2 Å². The highest BCUT2D eigenvalue weighted by atomic mass is 19.1. The van der Waals surface area contributed by atoms with E-state index in [1.54, 1.807) is 13.2 Å². The fourth-order valence-electron chi connectivity index (χ4n) is 1.48. The van der Waals surface area contributed by atoms with Gasteiger partial charge in [0.05, 0.1) is 20.4 Å². The van der Waals surface area contributed by atoms with Gasteiger partial charge in [-0.15, -0.1) is 0 Å². The van der Waals surface area contributed by atoms with Crippen LogP contribution in [-0.4, -0.2) is 20.4 Å². The number of hydrogen-bond acceptors (Lipinski definition) is 3. The molecule has 0 saturated heterocycles. The summed E-state index contributed by atoms with van der Waals surface area (Å²) in [5, 5.41) is 0. The van der Waals surface area contributed by atoms with Crippen LogP contribution in [0.5, 0.6) is 11.5 Å². The Bertz CT molecular complexity index is 331. The molecule has 0 aromatic heterocycles. The molecule has 0 radical (unpaired) electrons. The van der Waals surface area contributed by atoms with Crippen LogP contribution >= 0.6 is 0 Å². The van der Waals surface area contributed by atoms with Crippen molar-refractivity contribution < 1.29 is 13.9 Å². The summed E-state index contributed by atoms with van der Waals surface area (Å²) in [7, 11) is 1.58. The van der Waals surface area contributed by atoms with Crippen molar-refractivity contribution in [3.63, 3.8) is 0 Å². The molecular formula is C12H18FNO2. The Morgan fingerprint density at radius 2 is 2.12 bits per heavy atom. The molecule has 0 heterocycles. The molecule has 0 aliphatic rings. The molecule has 0 spiro atoms. The first-order valence-electron chi connectivity index (χ1n) is 5.35. The maximum absolute atomic E-state index is 12.2. The molecule has 1 rings (SSSR count). The summed E-state index contributed by atoms with van der Waals surface area (Å²) in [5.41, 5.74) is 6.69. The second-order valence-corrected chi connectivity index (χ2v) is 3.43. The van der Waals surface area contributed by atoms with Crippen LogP contribution in [0.1, 0.15) is 24.9 Å². The second-order valence-electron chi connectivity index (χ2n) is 3.43. The third-order valence-electron chi connectivity index (χ3n) is 2.34. The van der Waals surface area contributed by atoms with Gasteiger partial charge in [-0.2, -0.15) is 0 Å². The molecule has 3 nitrogen and oxygen atoms in total. The SMILES string of the molecule is CCOc1cc([C@H](N)CCF)ccc1OC. The molecule has 2 N–H and O–H groups in total. The van der Waals surface area contributed by atoms with E-state index in [9.17, 15) is 4.39 Å². The highest BCUT2D eigenvalue weighted by molar-refractivity contribution is 5.43. The van der Waals surface area contributed by atoms with E-state index in [4.69, 9.17) is 15.2 Å². The van der Waals surface area contributed by atoms with Gasteiger partial charge in [0.1, 0.15) is 0 Å². The minimum absolute atomic E-state index is 0.296. The second kappa shape index (κ2) is 6.33. The average molecular weight is 227 g/mol. The maximum Gasteiger partial charge on any atom is 0.161 e. The smallest absolute Gasteiger partial charge is 0.161 e. The van der Waals surface area contributed by atoms with Crippen molar-refractivity contribution in [2.24, 2.45) is 5.73 Å². The summed E-state index contributed by atoms with van der Waals surface area (Å²) in [6.45, 7) is 2.03. The van der Waals surface area contributed by atoms with Crippen molar-refractivity contribution in [1.82, 2.24) is 0 Å². The first kappa shape index (κ1) is 12.8. The Morgan fingerprint density at radius 3 is 2.69 bits per heavy atom. The summed E-state index contributed by atoms with van der Waals surface area (Å²) >= 11 is 0. The van der Waals surface area contributed by atoms with Gasteiger partial charge in [0, 0.05) is 6.04 Å². The fraction of sp³-hybridized carbons (Fsp3) is 0.500. The normalized spacial score (nSPS) is 12.2. The van der Waals surface area contributed by atoms with Crippen LogP contribution < -0.4 is 15.2 Å². The lowest BCUT2D eigenvalue weighted by atomic mass is 10.0. The minimum Gasteiger partial charge on any atom is -0.493 e. The summed E-state index contributed by atoms with van der Waals surface area (Å²) in [4.78, 5) is 0. The monoisotopic (exact) mass is 227 g/mol. The van der Waals surface area contributed by atoms with Gasteiger partial charge in [-0.1, -0.05) is 6.07 Å². The van der Waals surface area contributed by atoms with Gasteiger partial charge in [0.25, 0.3) is 0 Å². The molecule has 0 unspecified atom stereocenters. The van der Waals surface area contributed by atoms with Crippen LogP contribution in [0, 0.1) is 0 Å². The van der Waals surface area contributed by atoms with E-state index in [0.29, 0.717) is 24.5 Å². The Balaban J connectivity index is 2.91. The zero-order valence-electron chi connectivity index (χ0n) is 9.70. The van der Waals surface area contributed by atoms with E-state index in [-0.39, 0.29) is 6.04 Å². The van der Waals surface area contributed by atoms with E-state index in [1.165, 1.54) is 0 Å². The molecule has 0 aliphatic heterocycles. The molecule has 0 bridgehead atoms. The summed E-state index contributed by atoms with van der Waals surface area (Å²) < 4.78 is 22.8. The molecular weight excluding hydrogens is 209 g/mol. The Morgan fingerprint density at radius 1 is 1.38 bits per heavy atom. The van der Waals surface area contributed by atoms with Gasteiger partial charge in [-0.05, 0) is 31.0 Å². The van der Waals surface area contributed by atoms with Crippen molar-refractivity contribution in [3.8, 4) is 11.5 Å². The van der Waals surface area contributed by atoms with Gasteiger partial charge in [0.15, 0.2) is 11.5 Å². The molecule has 1 aromatic carbocycles. The molecule has 90 valence electrons. The Hall–Kier alpha value is -1.29. The number of halogens is 1. The number of nitrogens with two attached hydrogens (primary N) is 1. The first-order chi connectivity index (χ1) is 7.72. The van der Waals surface area contributed by atoms with Crippen LogP contribution in [0.4, 0.5) is 4.39 Å². The number of benzene rings is 1. The van der Waals surface area contributed by atoms with Crippen molar-refractivity contribution in [3.05, 3.63) is 23.8 Å². The van der Waals surface area contributed by atoms with E-state index in [0.717, 1.165) is 5.56 Å². The third-order valence-corrected chi connectivity index (χ3v) is 2.34. The number of ether oxygens (including phenoxy) is 2. The van der Waals surface area contributed by atoms with Crippen LogP contribution in [-0.2, 0) is 0 Å². The average Bonchev–Trinajstić information content (AvgIpc) is 2.29. The molecule has 0 saturated carbocycles. The van der Waals surface area contributed by atoms with Crippen molar-refractivity contribution in [2.75, 3.05) is 20.4 Å². The van der Waals surface area contributed by atoms with Crippen molar-refractivity contribution in [1.29, 1.82) is 0 Å². The Kier molecular flexibility index (Phi) is 5.05. The zero-order chi connectivity index (χ0) is 12.0. The van der Waals surface area contributed by atoms with Crippen LogP contribution in [0.25, 0.3) is 0 Å². The standard InChI is InChI=1S/C12H18FNO2/c1-3-16-12-8-9(10(14)6-7-13)4-5-11(12)15-2/h4-5,8,10H,3,6-7,14H2,1-2H3/t10-/m1/s1. The van der Waals surface area contributed by atoms with Gasteiger partial charge in [-0.25, -0.2) is 0 Å². The number of hydrogen-bond donors (Lipinski definition) is 1. The lowest BCUT2D eigenvalue weighted by molar-refractivity contribution is 0.310. The van der Waals surface area contributed by atoms with Crippen molar-refractivity contribution in [2.45, 2.75) is 19.4 Å². The van der Waals surface area contributed by atoms with E-state index in [1.807, 2.05) is 19.1 Å². The predicted molar refractivity (Wildman–Crippen MR) is 61.7 cm³/mol. The first-order valence-corrected chi connectivity index (χ1v) is 5.35. The van der Waals surface area contributed by atoms with E-state index < -0.39 is 6.67 Å². The van der Waals surface area contributed by atoms with Crippen LogP contribution in [0.3, 0.4) is 0 Å². The molecule has 0 amide bonds. The van der Waals surface area contributed by atoms with Crippen LogP contribution in [0.15, 0.2) is 18.2 Å². The molecule has 4 heteroatoms. The molecule has 1 aromatic rings. The zero-order valence-corrected chi connectivity index (χ0v) is 9.70. The summed E-state index contributed by atoms with van der Waals surface area (Å²) in [6, 6.07) is 5.14.